The Morgan fingerprint density at radius 1 is 1.13 bits per heavy atom. The molecule has 31 heavy (non-hydrogen) atoms. The number of thiophene rings is 1. The third-order valence-electron chi connectivity index (χ3n) is 5.34. The van der Waals surface area contributed by atoms with Crippen LogP contribution in [0.1, 0.15) is 46.3 Å². The van der Waals surface area contributed by atoms with Crippen molar-refractivity contribution in [3.8, 4) is 0 Å². The molecule has 1 aliphatic rings. The Bertz CT molecular complexity index is 1040. The summed E-state index contributed by atoms with van der Waals surface area (Å²) in [4.78, 5) is 27.9. The van der Waals surface area contributed by atoms with E-state index in [1.807, 2.05) is 29.6 Å². The fourth-order valence-corrected chi connectivity index (χ4v) is 4.64. The highest BCUT2D eigenvalue weighted by molar-refractivity contribution is 7.10. The molecule has 0 spiro atoms. The van der Waals surface area contributed by atoms with Crippen molar-refractivity contribution in [1.82, 2.24) is 10.6 Å². The largest absolute Gasteiger partial charge is 0.340 e. The molecule has 6 heteroatoms. The Kier molecular flexibility index (Phi) is 6.37. The summed E-state index contributed by atoms with van der Waals surface area (Å²) in [5.41, 5.74) is 3.62. The van der Waals surface area contributed by atoms with Crippen molar-refractivity contribution in [3.63, 3.8) is 0 Å². The second kappa shape index (κ2) is 9.35. The molecule has 2 aromatic carbocycles. The van der Waals surface area contributed by atoms with E-state index in [4.69, 9.17) is 0 Å². The van der Waals surface area contributed by atoms with Gasteiger partial charge in [0.15, 0.2) is 0 Å². The smallest absolute Gasteiger partial charge is 0.321 e. The second-order valence-corrected chi connectivity index (χ2v) is 9.17. The minimum Gasteiger partial charge on any atom is -0.340 e. The van der Waals surface area contributed by atoms with Crippen LogP contribution in [0.25, 0.3) is 0 Å². The number of hydrogen-bond acceptors (Lipinski definition) is 3. The van der Waals surface area contributed by atoms with Crippen LogP contribution in [0, 0.1) is 5.92 Å². The first kappa shape index (κ1) is 21.1. The summed E-state index contributed by atoms with van der Waals surface area (Å²) in [7, 11) is 0. The first-order valence-corrected chi connectivity index (χ1v) is 11.5. The number of hydrogen-bond donors (Lipinski definition) is 2. The van der Waals surface area contributed by atoms with Crippen molar-refractivity contribution in [2.24, 2.45) is 5.92 Å². The summed E-state index contributed by atoms with van der Waals surface area (Å²) in [5.74, 6) is 0.440. The summed E-state index contributed by atoms with van der Waals surface area (Å²) in [6.45, 7) is 5.64. The summed E-state index contributed by atoms with van der Waals surface area (Å²) >= 11 is 1.63. The van der Waals surface area contributed by atoms with Gasteiger partial charge in [-0.25, -0.2) is 4.79 Å². The Labute approximate surface area is 187 Å². The van der Waals surface area contributed by atoms with Crippen molar-refractivity contribution in [2.75, 3.05) is 18.0 Å². The Morgan fingerprint density at radius 2 is 1.94 bits per heavy atom. The maximum absolute atomic E-state index is 13.2. The second-order valence-electron chi connectivity index (χ2n) is 8.20. The molecular weight excluding hydrogens is 406 g/mol. The predicted molar refractivity (Wildman–Crippen MR) is 126 cm³/mol. The van der Waals surface area contributed by atoms with Gasteiger partial charge in [0.1, 0.15) is 0 Å². The van der Waals surface area contributed by atoms with Crippen molar-refractivity contribution in [2.45, 2.75) is 26.3 Å². The summed E-state index contributed by atoms with van der Waals surface area (Å²) < 4.78 is 0. The molecule has 0 radical (unpaired) electrons. The van der Waals surface area contributed by atoms with Crippen molar-refractivity contribution < 1.29 is 9.59 Å². The van der Waals surface area contributed by atoms with E-state index in [9.17, 15) is 9.59 Å². The standard InChI is InChI=1S/C25H27N3O2S/c1-17(2)15-18-8-10-19(11-9-18)23(22-7-4-14-31-22)27-24(29)20-5-3-6-21(16-20)28-13-12-26-25(28)30/h3-11,14,16-17,23H,12-13,15H2,1-2H3,(H,26,30)(H,27,29). The summed E-state index contributed by atoms with van der Waals surface area (Å²) in [6, 6.07) is 19.4. The minimum absolute atomic E-state index is 0.129. The highest BCUT2D eigenvalue weighted by Gasteiger charge is 2.23. The van der Waals surface area contributed by atoms with E-state index < -0.39 is 0 Å². The van der Waals surface area contributed by atoms with Gasteiger partial charge in [0.05, 0.1) is 6.04 Å². The lowest BCUT2D eigenvalue weighted by Gasteiger charge is -2.20. The number of benzene rings is 2. The molecule has 1 unspecified atom stereocenters. The number of carbonyl (C=O) groups is 2. The van der Waals surface area contributed by atoms with Crippen LogP contribution in [0.15, 0.2) is 66.0 Å². The van der Waals surface area contributed by atoms with E-state index >= 15 is 0 Å². The van der Waals surface area contributed by atoms with Gasteiger partial charge in [0.2, 0.25) is 0 Å². The molecule has 0 bridgehead atoms. The average Bonchev–Trinajstić information content (AvgIpc) is 3.44. The van der Waals surface area contributed by atoms with Crippen molar-refractivity contribution >= 4 is 29.0 Å². The van der Waals surface area contributed by atoms with Crippen molar-refractivity contribution in [3.05, 3.63) is 87.6 Å². The molecule has 5 nitrogen and oxygen atoms in total. The van der Waals surface area contributed by atoms with E-state index in [0.717, 1.165) is 22.5 Å². The highest BCUT2D eigenvalue weighted by atomic mass is 32.1. The molecule has 3 aromatic rings. The monoisotopic (exact) mass is 433 g/mol. The molecule has 0 saturated carbocycles. The number of carbonyl (C=O) groups excluding carboxylic acids is 2. The normalized spacial score (nSPS) is 14.5. The maximum atomic E-state index is 13.2. The quantitative estimate of drug-likeness (QED) is 0.551. The molecule has 160 valence electrons. The molecule has 1 atom stereocenters. The van der Waals surface area contributed by atoms with Crippen LogP contribution < -0.4 is 15.5 Å². The molecule has 1 aliphatic heterocycles. The molecule has 1 fully saturated rings. The van der Waals surface area contributed by atoms with E-state index in [2.05, 4.69) is 48.7 Å². The van der Waals surface area contributed by atoms with Gasteiger partial charge < -0.3 is 10.6 Å². The van der Waals surface area contributed by atoms with Gasteiger partial charge in [0.25, 0.3) is 5.91 Å². The first-order chi connectivity index (χ1) is 15.0. The average molecular weight is 434 g/mol. The molecule has 2 heterocycles. The van der Waals surface area contributed by atoms with Gasteiger partial charge in [-0.15, -0.1) is 11.3 Å². The van der Waals surface area contributed by atoms with E-state index in [1.165, 1.54) is 5.56 Å². The third kappa shape index (κ3) is 4.97. The lowest BCUT2D eigenvalue weighted by Crippen LogP contribution is -2.30. The highest BCUT2D eigenvalue weighted by Crippen LogP contribution is 2.28. The molecule has 2 N–H and O–H groups in total. The minimum atomic E-state index is -0.223. The van der Waals surface area contributed by atoms with Gasteiger partial charge in [-0.2, -0.15) is 0 Å². The van der Waals surface area contributed by atoms with Gasteiger partial charge >= 0.3 is 6.03 Å². The van der Waals surface area contributed by atoms with Crippen LogP contribution in [0.5, 0.6) is 0 Å². The lowest BCUT2D eigenvalue weighted by molar-refractivity contribution is 0.0943. The predicted octanol–water partition coefficient (Wildman–Crippen LogP) is 5.00. The molecular formula is C25H27N3O2S. The topological polar surface area (TPSA) is 61.4 Å². The van der Waals surface area contributed by atoms with Crippen LogP contribution in [-0.4, -0.2) is 25.0 Å². The van der Waals surface area contributed by atoms with Crippen LogP contribution >= 0.6 is 11.3 Å². The Hall–Kier alpha value is -3.12. The van der Waals surface area contributed by atoms with Crippen LogP contribution in [0.2, 0.25) is 0 Å². The fourth-order valence-electron chi connectivity index (χ4n) is 3.84. The Balaban J connectivity index is 1.56. The zero-order chi connectivity index (χ0) is 21.8. The van der Waals surface area contributed by atoms with Crippen LogP contribution in [-0.2, 0) is 6.42 Å². The number of urea groups is 1. The Morgan fingerprint density at radius 3 is 2.58 bits per heavy atom. The van der Waals surface area contributed by atoms with Crippen molar-refractivity contribution in [1.29, 1.82) is 0 Å². The first-order valence-electron chi connectivity index (χ1n) is 10.6. The van der Waals surface area contributed by atoms with Crippen LogP contribution in [0.4, 0.5) is 10.5 Å². The zero-order valence-electron chi connectivity index (χ0n) is 17.8. The number of rotatable bonds is 7. The maximum Gasteiger partial charge on any atom is 0.321 e. The van der Waals surface area contributed by atoms with Gasteiger partial charge in [-0.05, 0) is 53.1 Å². The molecule has 4 rings (SSSR count). The number of nitrogens with one attached hydrogen (secondary N) is 2. The van der Waals surface area contributed by atoms with E-state index in [0.29, 0.717) is 24.6 Å². The SMILES string of the molecule is CC(C)Cc1ccc(C(NC(=O)c2cccc(N3CCNC3=O)c2)c2cccs2)cc1. The zero-order valence-corrected chi connectivity index (χ0v) is 18.6. The fraction of sp³-hybridized carbons (Fsp3) is 0.280. The van der Waals surface area contributed by atoms with Gasteiger partial charge in [0, 0.05) is 29.2 Å². The lowest BCUT2D eigenvalue weighted by atomic mass is 9.98. The molecule has 0 aliphatic carbocycles. The summed E-state index contributed by atoms with van der Waals surface area (Å²) in [5, 5.41) is 8.01. The molecule has 1 saturated heterocycles. The number of nitrogens with zero attached hydrogens (tertiary/aromatic N) is 1. The third-order valence-corrected chi connectivity index (χ3v) is 6.27. The van der Waals surface area contributed by atoms with E-state index in [-0.39, 0.29) is 18.0 Å². The van der Waals surface area contributed by atoms with Gasteiger partial charge in [-0.3, -0.25) is 9.69 Å². The molecule has 1 aromatic heterocycles. The number of anilines is 1. The van der Waals surface area contributed by atoms with E-state index in [1.54, 1.807) is 28.4 Å². The van der Waals surface area contributed by atoms with Crippen LogP contribution in [0.3, 0.4) is 0 Å². The molecule has 3 amide bonds. The van der Waals surface area contributed by atoms with Gasteiger partial charge in [-0.1, -0.05) is 50.2 Å². The summed E-state index contributed by atoms with van der Waals surface area (Å²) in [6.07, 6.45) is 1.03. The number of amides is 3.